The van der Waals surface area contributed by atoms with Crippen LogP contribution in [0.3, 0.4) is 0 Å². The lowest BCUT2D eigenvalue weighted by Crippen LogP contribution is -2.32. The van der Waals surface area contributed by atoms with E-state index < -0.39 is 0 Å². The van der Waals surface area contributed by atoms with Crippen molar-refractivity contribution in [3.05, 3.63) is 46.5 Å². The third-order valence-corrected chi connectivity index (χ3v) is 5.29. The van der Waals surface area contributed by atoms with Crippen LogP contribution in [-0.2, 0) is 13.0 Å². The van der Waals surface area contributed by atoms with Gasteiger partial charge in [0.1, 0.15) is 5.82 Å². The summed E-state index contributed by atoms with van der Waals surface area (Å²) < 4.78 is 2.26. The summed E-state index contributed by atoms with van der Waals surface area (Å²) in [5.74, 6) is 2.10. The lowest BCUT2D eigenvalue weighted by molar-refractivity contribution is 0.0727. The molecule has 0 spiro atoms. The number of carbonyl (C=O) groups excluding carboxylic acids is 1. The summed E-state index contributed by atoms with van der Waals surface area (Å²) in [7, 11) is 0. The molecule has 0 saturated carbocycles. The molecule has 2 aromatic rings. The Morgan fingerprint density at radius 2 is 1.88 bits per heavy atom. The van der Waals surface area contributed by atoms with Crippen LogP contribution in [0.15, 0.2) is 24.3 Å². The number of halogens is 1. The van der Waals surface area contributed by atoms with Gasteiger partial charge in [-0.1, -0.05) is 18.0 Å². The summed E-state index contributed by atoms with van der Waals surface area (Å²) in [6.45, 7) is 1.74. The summed E-state index contributed by atoms with van der Waals surface area (Å²) in [6.07, 6.45) is 6.53. The van der Waals surface area contributed by atoms with E-state index in [9.17, 15) is 4.79 Å². The van der Waals surface area contributed by atoms with Gasteiger partial charge in [0.2, 0.25) is 0 Å². The zero-order valence-corrected chi connectivity index (χ0v) is 14.4. The van der Waals surface area contributed by atoms with Crippen LogP contribution in [0.4, 0.5) is 0 Å². The molecular formula is C18H21ClN4O. The van der Waals surface area contributed by atoms with Crippen LogP contribution >= 0.6 is 11.6 Å². The van der Waals surface area contributed by atoms with E-state index in [0.717, 1.165) is 50.4 Å². The molecule has 2 aliphatic heterocycles. The fourth-order valence-corrected chi connectivity index (χ4v) is 3.92. The smallest absolute Gasteiger partial charge is 0.254 e. The number of rotatable bonds is 2. The molecule has 5 nitrogen and oxygen atoms in total. The Bertz CT molecular complexity index is 740. The van der Waals surface area contributed by atoms with E-state index in [-0.39, 0.29) is 11.9 Å². The third kappa shape index (κ3) is 2.81. The van der Waals surface area contributed by atoms with Gasteiger partial charge in [0.05, 0.1) is 6.04 Å². The molecular weight excluding hydrogens is 324 g/mol. The van der Waals surface area contributed by atoms with Crippen LogP contribution in [0.25, 0.3) is 0 Å². The molecule has 0 unspecified atom stereocenters. The Kier molecular flexibility index (Phi) is 4.27. The van der Waals surface area contributed by atoms with Gasteiger partial charge in [0, 0.05) is 30.1 Å². The molecule has 24 heavy (non-hydrogen) atoms. The first-order valence-corrected chi connectivity index (χ1v) is 9.10. The van der Waals surface area contributed by atoms with Gasteiger partial charge in [-0.05, 0) is 49.9 Å². The first-order chi connectivity index (χ1) is 11.7. The second kappa shape index (κ2) is 6.55. The number of hydrogen-bond donors (Lipinski definition) is 0. The summed E-state index contributed by atoms with van der Waals surface area (Å²) in [5, 5.41) is 9.50. The molecule has 1 atom stereocenters. The number of aryl methyl sites for hydroxylation is 1. The Morgan fingerprint density at radius 3 is 2.71 bits per heavy atom. The maximum Gasteiger partial charge on any atom is 0.254 e. The molecule has 0 bridgehead atoms. The Hall–Kier alpha value is -1.88. The molecule has 6 heteroatoms. The minimum absolute atomic E-state index is 0.0347. The molecule has 3 heterocycles. The second-order valence-electron chi connectivity index (χ2n) is 6.60. The predicted molar refractivity (Wildman–Crippen MR) is 92.0 cm³/mol. The molecule has 1 amide bonds. The van der Waals surface area contributed by atoms with E-state index in [1.807, 2.05) is 4.90 Å². The number of nitrogens with zero attached hydrogens (tertiary/aromatic N) is 4. The van der Waals surface area contributed by atoms with Crippen LogP contribution in [0.2, 0.25) is 5.02 Å². The van der Waals surface area contributed by atoms with Crippen molar-refractivity contribution in [1.29, 1.82) is 0 Å². The first kappa shape index (κ1) is 15.6. The highest BCUT2D eigenvalue weighted by Gasteiger charge is 2.34. The molecule has 2 aliphatic rings. The van der Waals surface area contributed by atoms with Gasteiger partial charge in [-0.15, -0.1) is 10.2 Å². The number of fused-ring (bicyclic) bond motifs is 1. The highest BCUT2D eigenvalue weighted by molar-refractivity contribution is 6.30. The van der Waals surface area contributed by atoms with Crippen molar-refractivity contribution in [2.75, 3.05) is 6.54 Å². The highest BCUT2D eigenvalue weighted by atomic mass is 35.5. The first-order valence-electron chi connectivity index (χ1n) is 8.72. The highest BCUT2D eigenvalue weighted by Crippen LogP contribution is 2.33. The van der Waals surface area contributed by atoms with Crippen molar-refractivity contribution < 1.29 is 4.79 Å². The Balaban J connectivity index is 1.62. The minimum atomic E-state index is 0.0347. The number of benzene rings is 1. The lowest BCUT2D eigenvalue weighted by Gasteiger charge is -2.24. The van der Waals surface area contributed by atoms with Crippen molar-refractivity contribution in [1.82, 2.24) is 19.7 Å². The number of hydrogen-bond acceptors (Lipinski definition) is 3. The molecule has 4 rings (SSSR count). The number of likely N-dealkylation sites (tertiary alicyclic amines) is 1. The van der Waals surface area contributed by atoms with Crippen LogP contribution in [-0.4, -0.2) is 32.1 Å². The van der Waals surface area contributed by atoms with Crippen molar-refractivity contribution in [2.45, 2.75) is 51.1 Å². The van der Waals surface area contributed by atoms with E-state index in [1.54, 1.807) is 24.3 Å². The van der Waals surface area contributed by atoms with Crippen LogP contribution < -0.4 is 0 Å². The van der Waals surface area contributed by atoms with Crippen LogP contribution in [0.1, 0.15) is 60.2 Å². The maximum absolute atomic E-state index is 12.9. The third-order valence-electron chi connectivity index (χ3n) is 5.04. The fourth-order valence-electron chi connectivity index (χ4n) is 3.79. The van der Waals surface area contributed by atoms with Gasteiger partial charge in [0.25, 0.3) is 5.91 Å². The molecule has 1 aromatic carbocycles. The molecule has 1 saturated heterocycles. The van der Waals surface area contributed by atoms with Crippen molar-refractivity contribution in [2.24, 2.45) is 0 Å². The average Bonchev–Trinajstić information content (AvgIpc) is 3.16. The monoisotopic (exact) mass is 344 g/mol. The molecule has 0 radical (unpaired) electrons. The van der Waals surface area contributed by atoms with E-state index in [1.165, 1.54) is 12.8 Å². The quantitative estimate of drug-likeness (QED) is 0.835. The van der Waals surface area contributed by atoms with Gasteiger partial charge in [0.15, 0.2) is 5.82 Å². The number of amides is 1. The number of aromatic nitrogens is 3. The molecule has 0 N–H and O–H groups in total. The van der Waals surface area contributed by atoms with Gasteiger partial charge < -0.3 is 9.47 Å². The van der Waals surface area contributed by atoms with Gasteiger partial charge in [-0.2, -0.15) is 0 Å². The van der Waals surface area contributed by atoms with Gasteiger partial charge >= 0.3 is 0 Å². The van der Waals surface area contributed by atoms with Gasteiger partial charge in [-0.25, -0.2) is 0 Å². The standard InChI is InChI=1S/C18H21ClN4O/c19-14-9-7-13(8-10-14)18(24)22-12-4-5-15(22)17-21-20-16-6-2-1-3-11-23(16)17/h7-10,15H,1-6,11-12H2/t15-/m1/s1. The van der Waals surface area contributed by atoms with Crippen molar-refractivity contribution in [3.63, 3.8) is 0 Å². The zero-order valence-electron chi connectivity index (χ0n) is 13.6. The largest absolute Gasteiger partial charge is 0.328 e. The van der Waals surface area contributed by atoms with E-state index in [0.29, 0.717) is 10.6 Å². The molecule has 126 valence electrons. The maximum atomic E-state index is 12.9. The molecule has 1 aromatic heterocycles. The van der Waals surface area contributed by atoms with Crippen LogP contribution in [0.5, 0.6) is 0 Å². The molecule has 0 aliphatic carbocycles. The topological polar surface area (TPSA) is 51.0 Å². The van der Waals surface area contributed by atoms with E-state index in [2.05, 4.69) is 14.8 Å². The molecule has 1 fully saturated rings. The average molecular weight is 345 g/mol. The summed E-state index contributed by atoms with van der Waals surface area (Å²) in [5.41, 5.74) is 0.682. The lowest BCUT2D eigenvalue weighted by atomic mass is 10.1. The Labute approximate surface area is 146 Å². The normalized spacial score (nSPS) is 20.7. The summed E-state index contributed by atoms with van der Waals surface area (Å²) in [6, 6.07) is 7.16. The van der Waals surface area contributed by atoms with Crippen LogP contribution in [0, 0.1) is 0 Å². The predicted octanol–water partition coefficient (Wildman–Crippen LogP) is 3.64. The van der Waals surface area contributed by atoms with Crippen molar-refractivity contribution >= 4 is 17.5 Å². The summed E-state index contributed by atoms with van der Waals surface area (Å²) >= 11 is 5.93. The Morgan fingerprint density at radius 1 is 1.04 bits per heavy atom. The minimum Gasteiger partial charge on any atom is -0.328 e. The SMILES string of the molecule is O=C(c1ccc(Cl)cc1)N1CCC[C@@H]1c1nnc2n1CCCCC2. The fraction of sp³-hybridized carbons (Fsp3) is 0.500. The van der Waals surface area contributed by atoms with Crippen molar-refractivity contribution in [3.8, 4) is 0 Å². The summed E-state index contributed by atoms with van der Waals surface area (Å²) in [4.78, 5) is 14.9. The van der Waals surface area contributed by atoms with E-state index in [4.69, 9.17) is 11.6 Å². The van der Waals surface area contributed by atoms with Gasteiger partial charge in [-0.3, -0.25) is 4.79 Å². The second-order valence-corrected chi connectivity index (χ2v) is 7.04. The number of carbonyl (C=O) groups is 1. The zero-order chi connectivity index (χ0) is 16.5. The van der Waals surface area contributed by atoms with E-state index >= 15 is 0 Å².